The fourth-order valence-electron chi connectivity index (χ4n) is 7.93. The van der Waals surface area contributed by atoms with Crippen LogP contribution in [0.2, 0.25) is 0 Å². The molecule has 4 rings (SSSR count). The van der Waals surface area contributed by atoms with E-state index in [2.05, 4.69) is 37.8 Å². The number of piperidine rings is 1. The summed E-state index contributed by atoms with van der Waals surface area (Å²) in [6.45, 7) is 10.2. The summed E-state index contributed by atoms with van der Waals surface area (Å²) in [5.74, 6) is 2.08. The third-order valence-corrected chi connectivity index (χ3v) is 9.64. The van der Waals surface area contributed by atoms with Crippen LogP contribution in [0.3, 0.4) is 0 Å². The van der Waals surface area contributed by atoms with Crippen molar-refractivity contribution in [1.82, 2.24) is 4.90 Å². The van der Waals surface area contributed by atoms with Crippen molar-refractivity contribution in [2.45, 2.75) is 109 Å². The third-order valence-electron chi connectivity index (χ3n) is 9.64. The summed E-state index contributed by atoms with van der Waals surface area (Å²) >= 11 is 0. The largest absolute Gasteiger partial charge is 0.393 e. The van der Waals surface area contributed by atoms with Crippen LogP contribution in [-0.2, 0) is 0 Å². The van der Waals surface area contributed by atoms with Crippen molar-refractivity contribution in [3.8, 4) is 0 Å². The molecule has 4 heteroatoms. The first-order valence-electron chi connectivity index (χ1n) is 13.4. The minimum atomic E-state index is -0.478. The van der Waals surface area contributed by atoms with E-state index >= 15 is 0 Å². The summed E-state index contributed by atoms with van der Waals surface area (Å²) in [5, 5.41) is 30.8. The van der Waals surface area contributed by atoms with E-state index in [1.165, 1.54) is 37.7 Å². The average Bonchev–Trinajstić information content (AvgIpc) is 3.09. The Morgan fingerprint density at radius 2 is 1.84 bits per heavy atom. The van der Waals surface area contributed by atoms with Gasteiger partial charge in [-0.3, -0.25) is 0 Å². The van der Waals surface area contributed by atoms with Crippen molar-refractivity contribution in [3.63, 3.8) is 0 Å². The van der Waals surface area contributed by atoms with Gasteiger partial charge in [-0.25, -0.2) is 0 Å². The lowest BCUT2D eigenvalue weighted by Gasteiger charge is -2.46. The van der Waals surface area contributed by atoms with Crippen LogP contribution in [0.4, 0.5) is 0 Å². The van der Waals surface area contributed by atoms with Gasteiger partial charge in [-0.05, 0) is 100 Å². The SMILES string of the molecule is CCC1(O)CCCN(CC(C)[C@H]2CC[C@H]3/C(=C/C=C4C[C@@H](O)C[C@H](O)C4)CCC[C@]23C)C1. The first-order chi connectivity index (χ1) is 15.2. The van der Waals surface area contributed by atoms with E-state index in [1.54, 1.807) is 5.57 Å². The number of fused-ring (bicyclic) bond motifs is 1. The van der Waals surface area contributed by atoms with Crippen LogP contribution >= 0.6 is 0 Å². The first-order valence-corrected chi connectivity index (χ1v) is 13.4. The number of aliphatic hydroxyl groups excluding tert-OH is 2. The Morgan fingerprint density at radius 1 is 1.09 bits per heavy atom. The Hall–Kier alpha value is -0.680. The molecule has 0 spiro atoms. The van der Waals surface area contributed by atoms with E-state index < -0.39 is 17.8 Å². The number of hydrogen-bond donors (Lipinski definition) is 3. The lowest BCUT2D eigenvalue weighted by Crippen LogP contribution is -2.50. The summed E-state index contributed by atoms with van der Waals surface area (Å²) in [6, 6.07) is 0. The number of aliphatic hydroxyl groups is 3. The molecule has 32 heavy (non-hydrogen) atoms. The number of nitrogens with zero attached hydrogens (tertiary/aromatic N) is 1. The molecule has 3 aliphatic carbocycles. The molecule has 1 aliphatic heterocycles. The van der Waals surface area contributed by atoms with Crippen LogP contribution in [0.25, 0.3) is 0 Å². The number of hydrogen-bond acceptors (Lipinski definition) is 4. The highest BCUT2D eigenvalue weighted by molar-refractivity contribution is 5.26. The molecule has 4 fully saturated rings. The zero-order valence-electron chi connectivity index (χ0n) is 20.7. The second-order valence-electron chi connectivity index (χ2n) is 12.0. The maximum absolute atomic E-state index is 10.8. The maximum Gasteiger partial charge on any atom is 0.0771 e. The molecule has 3 saturated carbocycles. The van der Waals surface area contributed by atoms with Crippen LogP contribution in [0.1, 0.15) is 91.4 Å². The molecule has 0 bridgehead atoms. The van der Waals surface area contributed by atoms with Crippen molar-refractivity contribution >= 4 is 0 Å². The van der Waals surface area contributed by atoms with Gasteiger partial charge in [-0.1, -0.05) is 44.1 Å². The molecular formula is C28H47NO3. The van der Waals surface area contributed by atoms with Gasteiger partial charge in [0.2, 0.25) is 0 Å². The van der Waals surface area contributed by atoms with Crippen LogP contribution in [-0.4, -0.2) is 57.7 Å². The predicted octanol–water partition coefficient (Wildman–Crippen LogP) is 4.83. The molecule has 4 aliphatic rings. The van der Waals surface area contributed by atoms with Crippen molar-refractivity contribution in [2.75, 3.05) is 19.6 Å². The summed E-state index contributed by atoms with van der Waals surface area (Å²) in [7, 11) is 0. The molecule has 3 N–H and O–H groups in total. The van der Waals surface area contributed by atoms with Gasteiger partial charge in [-0.15, -0.1) is 0 Å². The third kappa shape index (κ3) is 5.19. The van der Waals surface area contributed by atoms with Gasteiger partial charge in [0.1, 0.15) is 0 Å². The second-order valence-corrected chi connectivity index (χ2v) is 12.0. The number of likely N-dealkylation sites (tertiary alicyclic amines) is 1. The van der Waals surface area contributed by atoms with Gasteiger partial charge in [0.05, 0.1) is 17.8 Å². The van der Waals surface area contributed by atoms with E-state index in [0.29, 0.717) is 36.5 Å². The van der Waals surface area contributed by atoms with E-state index in [4.69, 9.17) is 0 Å². The Balaban J connectivity index is 1.43. The van der Waals surface area contributed by atoms with Crippen LogP contribution in [0, 0.1) is 23.2 Å². The molecule has 0 aromatic rings. The smallest absolute Gasteiger partial charge is 0.0771 e. The minimum absolute atomic E-state index is 0.379. The Kier molecular flexibility index (Phi) is 7.56. The summed E-state index contributed by atoms with van der Waals surface area (Å²) in [5.41, 5.74) is 2.71. The lowest BCUT2D eigenvalue weighted by molar-refractivity contribution is -0.0420. The molecule has 4 nitrogen and oxygen atoms in total. The van der Waals surface area contributed by atoms with E-state index in [9.17, 15) is 15.3 Å². The molecule has 0 aromatic heterocycles. The number of β-amino-alcohol motifs (C(OH)–C–C–N with tert-alkyl or cyclic N) is 1. The van der Waals surface area contributed by atoms with E-state index in [1.807, 2.05) is 0 Å². The summed E-state index contributed by atoms with van der Waals surface area (Å²) < 4.78 is 0. The predicted molar refractivity (Wildman–Crippen MR) is 130 cm³/mol. The number of rotatable bonds is 5. The fourth-order valence-corrected chi connectivity index (χ4v) is 7.93. The highest BCUT2D eigenvalue weighted by atomic mass is 16.3. The number of allylic oxidation sites excluding steroid dienone is 3. The second kappa shape index (κ2) is 9.90. The van der Waals surface area contributed by atoms with Crippen molar-refractivity contribution in [2.24, 2.45) is 23.2 Å². The van der Waals surface area contributed by atoms with Crippen LogP contribution < -0.4 is 0 Å². The monoisotopic (exact) mass is 445 g/mol. The quantitative estimate of drug-likeness (QED) is 0.567. The summed E-state index contributed by atoms with van der Waals surface area (Å²) in [4.78, 5) is 2.54. The molecule has 1 heterocycles. The maximum atomic E-state index is 10.8. The minimum Gasteiger partial charge on any atom is -0.393 e. The van der Waals surface area contributed by atoms with Crippen LogP contribution in [0.5, 0.6) is 0 Å². The lowest BCUT2D eigenvalue weighted by atomic mass is 9.61. The Labute approximate surface area is 195 Å². The van der Waals surface area contributed by atoms with E-state index in [-0.39, 0.29) is 0 Å². The highest BCUT2D eigenvalue weighted by Gasteiger charge is 2.51. The fraction of sp³-hybridized carbons (Fsp3) is 0.857. The van der Waals surface area contributed by atoms with Gasteiger partial charge in [-0.2, -0.15) is 0 Å². The zero-order valence-corrected chi connectivity index (χ0v) is 20.7. The highest BCUT2D eigenvalue weighted by Crippen LogP contribution is 2.59. The van der Waals surface area contributed by atoms with Crippen molar-refractivity contribution < 1.29 is 15.3 Å². The molecule has 182 valence electrons. The Bertz CT molecular complexity index is 705. The molecule has 0 aromatic carbocycles. The first kappa shape index (κ1) is 24.4. The van der Waals surface area contributed by atoms with Gasteiger partial charge < -0.3 is 20.2 Å². The van der Waals surface area contributed by atoms with Gasteiger partial charge >= 0.3 is 0 Å². The molecular weight excluding hydrogens is 398 g/mol. The topological polar surface area (TPSA) is 63.9 Å². The molecule has 1 saturated heterocycles. The van der Waals surface area contributed by atoms with Crippen molar-refractivity contribution in [1.29, 1.82) is 0 Å². The van der Waals surface area contributed by atoms with Gasteiger partial charge in [0.15, 0.2) is 0 Å². The summed E-state index contributed by atoms with van der Waals surface area (Å²) in [6.07, 6.45) is 15.1. The molecule has 2 unspecified atom stereocenters. The molecule has 0 amide bonds. The van der Waals surface area contributed by atoms with Crippen molar-refractivity contribution in [3.05, 3.63) is 23.3 Å². The molecule has 7 atom stereocenters. The normalized spacial score (nSPS) is 43.3. The van der Waals surface area contributed by atoms with Gasteiger partial charge in [0, 0.05) is 13.1 Å². The standard InChI is InChI=1S/C28H47NO3/c1-4-28(32)13-6-14-29(19-28)18-20(2)25-10-11-26-22(7-5-12-27(25,26)3)9-8-21-15-23(30)17-24(31)16-21/h8-9,20,23-26,30-32H,4-7,10-19H2,1-3H3/b22-9+/t20?,23-,24-,25-,26+,27-,28?/m1/s1. The zero-order chi connectivity index (χ0) is 22.9. The average molecular weight is 446 g/mol. The Morgan fingerprint density at radius 3 is 2.56 bits per heavy atom. The van der Waals surface area contributed by atoms with E-state index in [0.717, 1.165) is 44.8 Å². The molecule has 0 radical (unpaired) electrons. The van der Waals surface area contributed by atoms with Crippen LogP contribution in [0.15, 0.2) is 23.3 Å². The van der Waals surface area contributed by atoms with Gasteiger partial charge in [0.25, 0.3) is 0 Å².